The van der Waals surface area contributed by atoms with E-state index in [1.54, 1.807) is 6.07 Å². The summed E-state index contributed by atoms with van der Waals surface area (Å²) in [7, 11) is 0. The third kappa shape index (κ3) is 1.06. The summed E-state index contributed by atoms with van der Waals surface area (Å²) in [6.45, 7) is 0. The van der Waals surface area contributed by atoms with Crippen molar-refractivity contribution < 1.29 is 9.59 Å². The van der Waals surface area contributed by atoms with E-state index in [1.807, 2.05) is 12.1 Å². The van der Waals surface area contributed by atoms with Crippen molar-refractivity contribution in [3.8, 4) is 0 Å². The summed E-state index contributed by atoms with van der Waals surface area (Å²) in [4.78, 5) is 22.8. The van der Waals surface area contributed by atoms with Gasteiger partial charge < -0.3 is 5.73 Å². The number of primary amides is 1. The lowest BCUT2D eigenvalue weighted by atomic mass is 9.82. The molecular formula is C12H10NO2. The van der Waals surface area contributed by atoms with Crippen LogP contribution in [0.5, 0.6) is 0 Å². The molecule has 3 atom stereocenters. The van der Waals surface area contributed by atoms with Crippen molar-refractivity contribution in [1.29, 1.82) is 0 Å². The van der Waals surface area contributed by atoms with Crippen LogP contribution in [0.4, 0.5) is 0 Å². The van der Waals surface area contributed by atoms with Gasteiger partial charge in [0, 0.05) is 5.92 Å². The number of carbonyl (C=O) groups is 2. The fourth-order valence-electron chi connectivity index (χ4n) is 2.58. The molecule has 1 saturated carbocycles. The predicted molar refractivity (Wildman–Crippen MR) is 53.1 cm³/mol. The second-order valence-corrected chi connectivity index (χ2v) is 4.22. The maximum absolute atomic E-state index is 11.5. The van der Waals surface area contributed by atoms with E-state index in [0.717, 1.165) is 11.1 Å². The van der Waals surface area contributed by atoms with Crippen molar-refractivity contribution in [3.05, 3.63) is 35.4 Å². The van der Waals surface area contributed by atoms with E-state index in [1.165, 1.54) is 0 Å². The van der Waals surface area contributed by atoms with E-state index >= 15 is 0 Å². The highest BCUT2D eigenvalue weighted by Gasteiger charge is 2.55. The molecule has 0 bridgehead atoms. The summed E-state index contributed by atoms with van der Waals surface area (Å²) in [5, 5.41) is 0. The third-order valence-corrected chi connectivity index (χ3v) is 3.40. The molecule has 1 aromatic rings. The van der Waals surface area contributed by atoms with Crippen LogP contribution in [0.1, 0.15) is 29.4 Å². The highest BCUT2D eigenvalue weighted by Crippen LogP contribution is 2.54. The number of fused-ring (bicyclic) bond motifs is 3. The average molecular weight is 200 g/mol. The lowest BCUT2D eigenvalue weighted by molar-refractivity contribution is -0.119. The first kappa shape index (κ1) is 8.65. The zero-order chi connectivity index (χ0) is 10.6. The number of benzene rings is 1. The number of carbonyl (C=O) groups excluding carboxylic acids is 2. The summed E-state index contributed by atoms with van der Waals surface area (Å²) in [6.07, 6.45) is 0.576. The Morgan fingerprint density at radius 2 is 2.33 bits per heavy atom. The van der Waals surface area contributed by atoms with Crippen LogP contribution in [-0.2, 0) is 9.59 Å². The van der Waals surface area contributed by atoms with Crippen LogP contribution >= 0.6 is 0 Å². The minimum Gasteiger partial charge on any atom is -0.369 e. The van der Waals surface area contributed by atoms with Gasteiger partial charge in [-0.2, -0.15) is 0 Å². The molecule has 0 saturated heterocycles. The molecule has 0 spiro atoms. The molecular weight excluding hydrogens is 190 g/mol. The second-order valence-electron chi connectivity index (χ2n) is 4.22. The van der Waals surface area contributed by atoms with Gasteiger partial charge in [-0.3, -0.25) is 9.59 Å². The number of rotatable bonds is 1. The van der Waals surface area contributed by atoms with Crippen LogP contribution in [0.3, 0.4) is 0 Å². The molecule has 3 rings (SSSR count). The molecule has 2 aliphatic rings. The molecule has 75 valence electrons. The van der Waals surface area contributed by atoms with Crippen molar-refractivity contribution >= 4 is 11.7 Å². The molecule has 0 aromatic heterocycles. The lowest BCUT2D eigenvalue weighted by Gasteiger charge is -2.20. The van der Waals surface area contributed by atoms with Crippen LogP contribution in [0, 0.1) is 12.0 Å². The first-order chi connectivity index (χ1) is 7.20. The Balaban J connectivity index is 2.13. The van der Waals surface area contributed by atoms with Gasteiger partial charge in [0.05, 0.1) is 11.8 Å². The number of nitrogens with two attached hydrogens (primary N) is 1. The van der Waals surface area contributed by atoms with E-state index < -0.39 is 0 Å². The van der Waals surface area contributed by atoms with E-state index in [4.69, 9.17) is 5.73 Å². The monoisotopic (exact) mass is 200 g/mol. The smallest absolute Gasteiger partial charge is 0.225 e. The minimum atomic E-state index is -0.350. The van der Waals surface area contributed by atoms with Crippen LogP contribution < -0.4 is 5.73 Å². The third-order valence-electron chi connectivity index (χ3n) is 3.40. The van der Waals surface area contributed by atoms with Gasteiger partial charge in [0.1, 0.15) is 5.78 Å². The van der Waals surface area contributed by atoms with Gasteiger partial charge in [0.2, 0.25) is 5.91 Å². The quantitative estimate of drug-likeness (QED) is 0.726. The highest BCUT2D eigenvalue weighted by molar-refractivity contribution is 6.06. The average Bonchev–Trinajstić information content (AvgIpc) is 2.89. The number of hydrogen-bond donors (Lipinski definition) is 1. The summed E-state index contributed by atoms with van der Waals surface area (Å²) in [5.41, 5.74) is 7.13. The summed E-state index contributed by atoms with van der Waals surface area (Å²) in [5.74, 6) is -0.371. The van der Waals surface area contributed by atoms with E-state index in [0.29, 0.717) is 6.42 Å². The van der Waals surface area contributed by atoms with Crippen LogP contribution in [-0.4, -0.2) is 11.7 Å². The van der Waals surface area contributed by atoms with Crippen molar-refractivity contribution in [3.63, 3.8) is 0 Å². The van der Waals surface area contributed by atoms with E-state index in [-0.39, 0.29) is 29.4 Å². The Bertz CT molecular complexity index is 466. The summed E-state index contributed by atoms with van der Waals surface area (Å²) >= 11 is 0. The molecule has 15 heavy (non-hydrogen) atoms. The number of hydrogen-bond acceptors (Lipinski definition) is 2. The molecule has 2 N–H and O–H groups in total. The Hall–Kier alpha value is -1.64. The maximum Gasteiger partial charge on any atom is 0.225 e. The van der Waals surface area contributed by atoms with Gasteiger partial charge >= 0.3 is 0 Å². The fourth-order valence-corrected chi connectivity index (χ4v) is 2.58. The van der Waals surface area contributed by atoms with E-state index in [9.17, 15) is 9.59 Å². The Morgan fingerprint density at radius 1 is 1.53 bits per heavy atom. The zero-order valence-electron chi connectivity index (χ0n) is 8.07. The molecule has 3 unspecified atom stereocenters. The summed E-state index contributed by atoms with van der Waals surface area (Å²) < 4.78 is 0. The zero-order valence-corrected chi connectivity index (χ0v) is 8.07. The fraction of sp³-hybridized carbons (Fsp3) is 0.333. The van der Waals surface area contributed by atoms with Crippen molar-refractivity contribution in [2.45, 2.75) is 18.3 Å². The molecule has 1 radical (unpaired) electrons. The lowest BCUT2D eigenvalue weighted by Crippen LogP contribution is -2.25. The second kappa shape index (κ2) is 2.69. The van der Waals surface area contributed by atoms with Gasteiger partial charge in [-0.15, -0.1) is 0 Å². The molecule has 1 aromatic carbocycles. The number of Topliss-reactive ketones (excluding diaryl/α,β-unsaturated/α-hetero) is 1. The normalized spacial score (nSPS) is 31.7. The van der Waals surface area contributed by atoms with Crippen molar-refractivity contribution in [2.75, 3.05) is 0 Å². The number of amides is 1. The Kier molecular flexibility index (Phi) is 1.55. The van der Waals surface area contributed by atoms with Crippen LogP contribution in [0.2, 0.25) is 0 Å². The molecule has 2 aliphatic carbocycles. The SMILES string of the molecule is NC(=O)C1CC2C(=O)C2c2ccc[c]c21. The van der Waals surface area contributed by atoms with Crippen LogP contribution in [0.25, 0.3) is 0 Å². The van der Waals surface area contributed by atoms with E-state index in [2.05, 4.69) is 6.07 Å². The first-order valence-electron chi connectivity index (χ1n) is 5.03. The maximum atomic E-state index is 11.5. The van der Waals surface area contributed by atoms with Gasteiger partial charge in [-0.05, 0) is 23.6 Å². The predicted octanol–water partition coefficient (Wildman–Crippen LogP) is 0.742. The molecule has 0 aliphatic heterocycles. The van der Waals surface area contributed by atoms with Gasteiger partial charge in [0.25, 0.3) is 0 Å². The molecule has 3 nitrogen and oxygen atoms in total. The molecule has 1 amide bonds. The van der Waals surface area contributed by atoms with Gasteiger partial charge in [-0.1, -0.05) is 18.2 Å². The summed E-state index contributed by atoms with van der Waals surface area (Å²) in [6, 6.07) is 8.57. The minimum absolute atomic E-state index is 0.0213. The Morgan fingerprint density at radius 3 is 3.07 bits per heavy atom. The standard InChI is InChI=1S/C12H10NO2/c13-12(15)8-5-9-10(11(9)14)7-4-2-1-3-6(7)8/h1-2,4,8-10H,5H2,(H2,13,15). The van der Waals surface area contributed by atoms with Gasteiger partial charge in [-0.25, -0.2) is 0 Å². The largest absolute Gasteiger partial charge is 0.369 e. The van der Waals surface area contributed by atoms with Crippen molar-refractivity contribution in [1.82, 2.24) is 0 Å². The highest BCUT2D eigenvalue weighted by atomic mass is 16.1. The molecule has 3 heteroatoms. The first-order valence-corrected chi connectivity index (χ1v) is 5.03. The molecule has 0 heterocycles. The van der Waals surface area contributed by atoms with Crippen LogP contribution in [0.15, 0.2) is 18.2 Å². The van der Waals surface area contributed by atoms with Gasteiger partial charge in [0.15, 0.2) is 0 Å². The Labute approximate surface area is 87.3 Å². The topological polar surface area (TPSA) is 60.2 Å². The van der Waals surface area contributed by atoms with Crippen molar-refractivity contribution in [2.24, 2.45) is 11.7 Å². The number of ketones is 1. The molecule has 1 fully saturated rings.